The molecule has 0 aliphatic heterocycles. The topological polar surface area (TPSA) is 83.5 Å². The number of hydrogen-bond acceptors (Lipinski definition) is 5. The average Bonchev–Trinajstić information content (AvgIpc) is 2.97. The largest absolute Gasteiger partial charge is 0.507 e. The highest BCUT2D eigenvalue weighted by atomic mass is 16.3. The molecule has 4 rings (SSSR count). The summed E-state index contributed by atoms with van der Waals surface area (Å²) in [6, 6.07) is 10.7. The van der Waals surface area contributed by atoms with Crippen LogP contribution in [0.4, 0.5) is 0 Å². The Kier molecular flexibility index (Phi) is 3.16. The highest BCUT2D eigenvalue weighted by Crippen LogP contribution is 2.36. The number of fused-ring (bicyclic) bond motifs is 1. The zero-order valence-corrected chi connectivity index (χ0v) is 12.9. The lowest BCUT2D eigenvalue weighted by Gasteiger charge is -2.04. The molecule has 0 spiro atoms. The van der Waals surface area contributed by atoms with Crippen LogP contribution in [0.5, 0.6) is 11.5 Å². The lowest BCUT2D eigenvalue weighted by molar-refractivity contribution is 0.474. The highest BCUT2D eigenvalue weighted by Gasteiger charge is 2.19. The van der Waals surface area contributed by atoms with Crippen molar-refractivity contribution in [3.8, 4) is 34.1 Å². The van der Waals surface area contributed by atoms with Crippen molar-refractivity contribution in [2.45, 2.75) is 6.92 Å². The van der Waals surface area contributed by atoms with Crippen molar-refractivity contribution >= 4 is 5.52 Å². The fourth-order valence-electron chi connectivity index (χ4n) is 2.72. The van der Waals surface area contributed by atoms with Gasteiger partial charge in [0.2, 0.25) is 0 Å². The summed E-state index contributed by atoms with van der Waals surface area (Å²) >= 11 is 0. The van der Waals surface area contributed by atoms with Gasteiger partial charge in [-0.1, -0.05) is 11.6 Å². The number of imidazole rings is 1. The van der Waals surface area contributed by atoms with Crippen LogP contribution in [0.1, 0.15) is 5.56 Å². The minimum atomic E-state index is 0.0429. The summed E-state index contributed by atoms with van der Waals surface area (Å²) in [6.45, 7) is 1.95. The van der Waals surface area contributed by atoms with Gasteiger partial charge >= 0.3 is 0 Å². The SMILES string of the molecule is Cc1ccc(O)c(-c2nc(-c3ccncc3O)c3cccnn23)c1. The summed E-state index contributed by atoms with van der Waals surface area (Å²) in [7, 11) is 0. The van der Waals surface area contributed by atoms with E-state index in [9.17, 15) is 10.2 Å². The Morgan fingerprint density at radius 2 is 1.83 bits per heavy atom. The normalized spacial score (nSPS) is 11.0. The predicted molar refractivity (Wildman–Crippen MR) is 89.7 cm³/mol. The van der Waals surface area contributed by atoms with Crippen molar-refractivity contribution in [2.75, 3.05) is 0 Å². The zero-order valence-electron chi connectivity index (χ0n) is 12.9. The summed E-state index contributed by atoms with van der Waals surface area (Å²) in [4.78, 5) is 8.55. The van der Waals surface area contributed by atoms with Crippen LogP contribution in [0.3, 0.4) is 0 Å². The first-order valence-electron chi connectivity index (χ1n) is 7.42. The molecule has 0 unspecified atom stereocenters. The van der Waals surface area contributed by atoms with Crippen molar-refractivity contribution < 1.29 is 10.2 Å². The van der Waals surface area contributed by atoms with Crippen LogP contribution < -0.4 is 0 Å². The number of hydrogen-bond donors (Lipinski definition) is 2. The number of phenolic OH excluding ortho intramolecular Hbond substituents is 1. The van der Waals surface area contributed by atoms with E-state index in [0.29, 0.717) is 22.6 Å². The molecule has 0 aliphatic rings. The summed E-state index contributed by atoms with van der Waals surface area (Å²) < 4.78 is 1.66. The van der Waals surface area contributed by atoms with Crippen LogP contribution in [0.25, 0.3) is 28.2 Å². The quantitative estimate of drug-likeness (QED) is 0.593. The summed E-state index contributed by atoms with van der Waals surface area (Å²) in [5, 5.41) is 24.7. The number of nitrogens with zero attached hydrogens (tertiary/aromatic N) is 4. The Bertz CT molecular complexity index is 1060. The molecule has 0 atom stereocenters. The van der Waals surface area contributed by atoms with Gasteiger partial charge in [-0.05, 0) is 37.3 Å². The number of phenols is 1. The second-order valence-corrected chi connectivity index (χ2v) is 5.52. The molecule has 3 heterocycles. The summed E-state index contributed by atoms with van der Waals surface area (Å²) in [5.74, 6) is 0.683. The lowest BCUT2D eigenvalue weighted by Crippen LogP contribution is -1.94. The molecule has 6 nitrogen and oxygen atoms in total. The van der Waals surface area contributed by atoms with Gasteiger partial charge in [0, 0.05) is 18.0 Å². The minimum Gasteiger partial charge on any atom is -0.507 e. The van der Waals surface area contributed by atoms with Crippen LogP contribution in [-0.2, 0) is 0 Å². The van der Waals surface area contributed by atoms with Crippen molar-refractivity contribution in [3.63, 3.8) is 0 Å². The standard InChI is InChI=1S/C18H14N4O2/c1-11-4-5-15(23)13(9-11)18-21-17(12-6-8-19-10-16(12)24)14-3-2-7-20-22(14)18/h2-10,23-24H,1H3. The number of aromatic nitrogens is 4. The van der Waals surface area contributed by atoms with Gasteiger partial charge in [-0.25, -0.2) is 9.50 Å². The fourth-order valence-corrected chi connectivity index (χ4v) is 2.72. The predicted octanol–water partition coefficient (Wildman–Crippen LogP) is 3.18. The number of rotatable bonds is 2. The number of benzene rings is 1. The Hall–Kier alpha value is -3.41. The number of aryl methyl sites for hydroxylation is 1. The Morgan fingerprint density at radius 1 is 0.958 bits per heavy atom. The third kappa shape index (κ3) is 2.16. The smallest absolute Gasteiger partial charge is 0.165 e. The van der Waals surface area contributed by atoms with E-state index in [2.05, 4.69) is 15.1 Å². The lowest BCUT2D eigenvalue weighted by atomic mass is 10.1. The van der Waals surface area contributed by atoms with E-state index in [0.717, 1.165) is 11.1 Å². The Labute approximate surface area is 137 Å². The van der Waals surface area contributed by atoms with Crippen molar-refractivity contribution in [1.29, 1.82) is 0 Å². The molecule has 0 fully saturated rings. The Balaban J connectivity index is 2.06. The summed E-state index contributed by atoms with van der Waals surface area (Å²) in [5.41, 5.74) is 3.47. The molecule has 1 aromatic carbocycles. The third-order valence-electron chi connectivity index (χ3n) is 3.86. The van der Waals surface area contributed by atoms with Crippen LogP contribution in [-0.4, -0.2) is 29.8 Å². The Morgan fingerprint density at radius 3 is 2.67 bits per heavy atom. The van der Waals surface area contributed by atoms with Gasteiger partial charge in [0.25, 0.3) is 0 Å². The van der Waals surface area contributed by atoms with Crippen molar-refractivity contribution in [2.24, 2.45) is 0 Å². The number of aromatic hydroxyl groups is 2. The molecular weight excluding hydrogens is 304 g/mol. The van der Waals surface area contributed by atoms with Crippen LogP contribution in [0.2, 0.25) is 0 Å². The molecule has 0 radical (unpaired) electrons. The van der Waals surface area contributed by atoms with E-state index in [-0.39, 0.29) is 11.5 Å². The van der Waals surface area contributed by atoms with Gasteiger partial charge in [-0.15, -0.1) is 0 Å². The van der Waals surface area contributed by atoms with E-state index in [4.69, 9.17) is 0 Å². The second kappa shape index (κ2) is 5.34. The molecule has 0 bridgehead atoms. The maximum atomic E-state index is 10.2. The fraction of sp³-hybridized carbons (Fsp3) is 0.0556. The first kappa shape index (κ1) is 14.2. The molecule has 0 saturated carbocycles. The molecular formula is C18H14N4O2. The maximum Gasteiger partial charge on any atom is 0.165 e. The molecule has 0 amide bonds. The van der Waals surface area contributed by atoms with E-state index < -0.39 is 0 Å². The van der Waals surface area contributed by atoms with Crippen LogP contribution >= 0.6 is 0 Å². The second-order valence-electron chi connectivity index (χ2n) is 5.52. The van der Waals surface area contributed by atoms with Crippen LogP contribution in [0, 0.1) is 6.92 Å². The van der Waals surface area contributed by atoms with E-state index in [1.54, 1.807) is 35.1 Å². The van der Waals surface area contributed by atoms with Gasteiger partial charge in [0.05, 0.1) is 17.3 Å². The first-order chi connectivity index (χ1) is 11.6. The van der Waals surface area contributed by atoms with Gasteiger partial charge < -0.3 is 10.2 Å². The highest BCUT2D eigenvalue weighted by molar-refractivity contribution is 5.84. The van der Waals surface area contributed by atoms with E-state index in [1.807, 2.05) is 25.1 Å². The minimum absolute atomic E-state index is 0.0429. The van der Waals surface area contributed by atoms with E-state index >= 15 is 0 Å². The monoisotopic (exact) mass is 318 g/mol. The molecule has 4 aromatic rings. The van der Waals surface area contributed by atoms with Crippen LogP contribution in [0.15, 0.2) is 55.0 Å². The van der Waals surface area contributed by atoms with E-state index in [1.165, 1.54) is 6.20 Å². The first-order valence-corrected chi connectivity index (χ1v) is 7.42. The van der Waals surface area contributed by atoms with Crippen molar-refractivity contribution in [3.05, 3.63) is 60.6 Å². The molecule has 24 heavy (non-hydrogen) atoms. The molecule has 0 aliphatic carbocycles. The van der Waals surface area contributed by atoms with Gasteiger partial charge in [-0.3, -0.25) is 4.98 Å². The zero-order chi connectivity index (χ0) is 16.7. The molecule has 3 aromatic heterocycles. The molecule has 118 valence electrons. The molecule has 2 N–H and O–H groups in total. The summed E-state index contributed by atoms with van der Waals surface area (Å²) in [6.07, 6.45) is 4.63. The molecule has 0 saturated heterocycles. The van der Waals surface area contributed by atoms with Crippen molar-refractivity contribution in [1.82, 2.24) is 19.6 Å². The average molecular weight is 318 g/mol. The van der Waals surface area contributed by atoms with Gasteiger partial charge in [-0.2, -0.15) is 5.10 Å². The maximum absolute atomic E-state index is 10.2. The number of pyridine rings is 1. The van der Waals surface area contributed by atoms with Gasteiger partial charge in [0.1, 0.15) is 17.2 Å². The van der Waals surface area contributed by atoms with Gasteiger partial charge in [0.15, 0.2) is 5.82 Å². The molecule has 6 heteroatoms. The third-order valence-corrected chi connectivity index (χ3v) is 3.86.